The lowest BCUT2D eigenvalue weighted by Gasteiger charge is -2.35. The minimum absolute atomic E-state index is 0.0284. The van der Waals surface area contributed by atoms with Crippen molar-refractivity contribution in [3.63, 3.8) is 0 Å². The van der Waals surface area contributed by atoms with Crippen molar-refractivity contribution in [2.24, 2.45) is 0 Å². The Morgan fingerprint density at radius 2 is 2.37 bits per heavy atom. The first-order valence-electron chi connectivity index (χ1n) is 5.93. The number of amides is 2. The Bertz CT molecular complexity index is 445. The second-order valence-corrected chi connectivity index (χ2v) is 4.39. The lowest BCUT2D eigenvalue weighted by molar-refractivity contribution is -0.147. The number of carbonyl (C=O) groups excluding carboxylic acids is 1. The van der Waals surface area contributed by atoms with Crippen molar-refractivity contribution in [2.45, 2.75) is 12.6 Å². The van der Waals surface area contributed by atoms with Gasteiger partial charge in [-0.15, -0.1) is 0 Å². The summed E-state index contributed by atoms with van der Waals surface area (Å²) in [5.41, 5.74) is 0.857. The molecule has 1 unspecified atom stereocenters. The largest absolute Gasteiger partial charge is 0.480 e. The van der Waals surface area contributed by atoms with Crippen molar-refractivity contribution in [3.05, 3.63) is 24.2 Å². The molecule has 1 atom stereocenters. The number of rotatable bonds is 3. The van der Waals surface area contributed by atoms with Crippen molar-refractivity contribution in [1.82, 2.24) is 9.80 Å². The predicted molar refractivity (Wildman–Crippen MR) is 64.5 cm³/mol. The molecule has 7 nitrogen and oxygen atoms in total. The minimum Gasteiger partial charge on any atom is -0.480 e. The highest BCUT2D eigenvalue weighted by molar-refractivity contribution is 5.82. The molecule has 0 bridgehead atoms. The number of urea groups is 1. The van der Waals surface area contributed by atoms with Crippen LogP contribution in [0.25, 0.3) is 0 Å². The van der Waals surface area contributed by atoms with E-state index in [4.69, 9.17) is 14.3 Å². The molecule has 1 aromatic rings. The molecule has 1 N–H and O–H groups in total. The van der Waals surface area contributed by atoms with E-state index in [9.17, 15) is 9.59 Å². The van der Waals surface area contributed by atoms with Crippen LogP contribution < -0.4 is 0 Å². The number of morpholine rings is 1. The molecule has 1 aliphatic rings. The Kier molecular flexibility index (Phi) is 4.06. The topological polar surface area (TPSA) is 83.2 Å². The second-order valence-electron chi connectivity index (χ2n) is 4.39. The SMILES string of the molecule is CN(Cc1ccoc1)C(=O)N1CCOCC1C(=O)O. The number of furan rings is 1. The number of carboxylic acids is 1. The molecule has 1 aliphatic heterocycles. The highest BCUT2D eigenvalue weighted by atomic mass is 16.5. The van der Waals surface area contributed by atoms with Gasteiger partial charge < -0.3 is 24.1 Å². The first-order valence-corrected chi connectivity index (χ1v) is 5.93. The van der Waals surface area contributed by atoms with Gasteiger partial charge in [0.1, 0.15) is 0 Å². The van der Waals surface area contributed by atoms with Crippen LogP contribution in [0.3, 0.4) is 0 Å². The van der Waals surface area contributed by atoms with Crippen LogP contribution in [-0.2, 0) is 16.1 Å². The molecule has 1 aromatic heterocycles. The zero-order valence-corrected chi connectivity index (χ0v) is 10.6. The molecule has 19 heavy (non-hydrogen) atoms. The summed E-state index contributed by atoms with van der Waals surface area (Å²) in [7, 11) is 1.63. The third-order valence-electron chi connectivity index (χ3n) is 2.99. The van der Waals surface area contributed by atoms with Crippen LogP contribution in [-0.4, -0.2) is 59.8 Å². The van der Waals surface area contributed by atoms with E-state index in [-0.39, 0.29) is 19.2 Å². The van der Waals surface area contributed by atoms with Crippen molar-refractivity contribution in [1.29, 1.82) is 0 Å². The number of nitrogens with zero attached hydrogens (tertiary/aromatic N) is 2. The highest BCUT2D eigenvalue weighted by Gasteiger charge is 2.34. The summed E-state index contributed by atoms with van der Waals surface area (Å²) in [5.74, 6) is -1.05. The zero-order chi connectivity index (χ0) is 13.8. The van der Waals surface area contributed by atoms with E-state index in [1.165, 1.54) is 16.1 Å². The summed E-state index contributed by atoms with van der Waals surface area (Å²) in [6, 6.07) is 0.516. The van der Waals surface area contributed by atoms with Gasteiger partial charge in [0, 0.05) is 19.2 Å². The summed E-state index contributed by atoms with van der Waals surface area (Å²) >= 11 is 0. The van der Waals surface area contributed by atoms with Crippen LogP contribution in [0, 0.1) is 0 Å². The summed E-state index contributed by atoms with van der Waals surface area (Å²) in [6.45, 7) is 1.04. The standard InChI is InChI=1S/C12H16N2O5/c1-13(6-9-2-4-18-7-9)12(17)14-3-5-19-8-10(14)11(15)16/h2,4,7,10H,3,5-6,8H2,1H3,(H,15,16). The van der Waals surface area contributed by atoms with E-state index < -0.39 is 12.0 Å². The Labute approximate surface area is 110 Å². The van der Waals surface area contributed by atoms with Crippen LogP contribution in [0.5, 0.6) is 0 Å². The van der Waals surface area contributed by atoms with Crippen LogP contribution in [0.15, 0.2) is 23.0 Å². The molecule has 104 valence electrons. The van der Waals surface area contributed by atoms with Gasteiger partial charge in [0.25, 0.3) is 0 Å². The van der Waals surface area contributed by atoms with E-state index in [0.717, 1.165) is 5.56 Å². The van der Waals surface area contributed by atoms with Crippen molar-refractivity contribution in [2.75, 3.05) is 26.8 Å². The summed E-state index contributed by atoms with van der Waals surface area (Å²) in [4.78, 5) is 26.1. The summed E-state index contributed by atoms with van der Waals surface area (Å²) < 4.78 is 10.0. The molecule has 7 heteroatoms. The summed E-state index contributed by atoms with van der Waals surface area (Å²) in [5, 5.41) is 9.09. The molecule has 0 spiro atoms. The maximum absolute atomic E-state index is 12.2. The van der Waals surface area contributed by atoms with Gasteiger partial charge in [-0.1, -0.05) is 0 Å². The number of carbonyl (C=O) groups is 2. The Balaban J connectivity index is 2.02. The Morgan fingerprint density at radius 1 is 1.58 bits per heavy atom. The number of hydrogen-bond donors (Lipinski definition) is 1. The van der Waals surface area contributed by atoms with E-state index in [0.29, 0.717) is 13.2 Å². The molecule has 0 radical (unpaired) electrons. The van der Waals surface area contributed by atoms with Crippen LogP contribution in [0.2, 0.25) is 0 Å². The molecule has 1 saturated heterocycles. The maximum atomic E-state index is 12.2. The lowest BCUT2D eigenvalue weighted by atomic mass is 10.2. The third-order valence-corrected chi connectivity index (χ3v) is 2.99. The van der Waals surface area contributed by atoms with Gasteiger partial charge in [0.15, 0.2) is 6.04 Å². The maximum Gasteiger partial charge on any atom is 0.328 e. The van der Waals surface area contributed by atoms with Gasteiger partial charge in [0.05, 0.1) is 32.3 Å². The molecular formula is C12H16N2O5. The number of carboxylic acid groups (broad SMARTS) is 1. The summed E-state index contributed by atoms with van der Waals surface area (Å²) in [6.07, 6.45) is 3.08. The smallest absolute Gasteiger partial charge is 0.328 e. The Hall–Kier alpha value is -2.02. The molecule has 2 amide bonds. The number of hydrogen-bond acceptors (Lipinski definition) is 4. The molecular weight excluding hydrogens is 252 g/mol. The van der Waals surface area contributed by atoms with E-state index in [1.54, 1.807) is 19.4 Å². The van der Waals surface area contributed by atoms with E-state index >= 15 is 0 Å². The minimum atomic E-state index is -1.05. The zero-order valence-electron chi connectivity index (χ0n) is 10.6. The fraction of sp³-hybridized carbons (Fsp3) is 0.500. The fourth-order valence-electron chi connectivity index (χ4n) is 1.98. The third kappa shape index (κ3) is 3.05. The van der Waals surface area contributed by atoms with Crippen LogP contribution in [0.4, 0.5) is 4.79 Å². The second kappa shape index (κ2) is 5.75. The molecule has 0 aromatic carbocycles. The fourth-order valence-corrected chi connectivity index (χ4v) is 1.98. The van der Waals surface area contributed by atoms with Crippen molar-refractivity contribution in [3.8, 4) is 0 Å². The van der Waals surface area contributed by atoms with Crippen LogP contribution >= 0.6 is 0 Å². The normalized spacial score (nSPS) is 19.2. The number of aliphatic carboxylic acids is 1. The first-order chi connectivity index (χ1) is 9.09. The quantitative estimate of drug-likeness (QED) is 0.868. The van der Waals surface area contributed by atoms with Gasteiger partial charge in [-0.2, -0.15) is 0 Å². The average Bonchev–Trinajstić information content (AvgIpc) is 2.90. The molecule has 0 saturated carbocycles. The van der Waals surface area contributed by atoms with Crippen LogP contribution in [0.1, 0.15) is 5.56 Å². The highest BCUT2D eigenvalue weighted by Crippen LogP contribution is 2.12. The van der Waals surface area contributed by atoms with E-state index in [1.807, 2.05) is 0 Å². The van der Waals surface area contributed by atoms with E-state index in [2.05, 4.69) is 0 Å². The monoisotopic (exact) mass is 268 g/mol. The lowest BCUT2D eigenvalue weighted by Crippen LogP contribution is -2.55. The van der Waals surface area contributed by atoms with Gasteiger partial charge in [-0.3, -0.25) is 0 Å². The molecule has 0 aliphatic carbocycles. The average molecular weight is 268 g/mol. The Morgan fingerprint density at radius 3 is 3.00 bits per heavy atom. The molecule has 1 fully saturated rings. The van der Waals surface area contributed by atoms with Gasteiger partial charge in [0.2, 0.25) is 0 Å². The predicted octanol–water partition coefficient (Wildman–Crippen LogP) is 0.617. The first kappa shape index (κ1) is 13.4. The van der Waals surface area contributed by atoms with Crippen molar-refractivity contribution >= 4 is 12.0 Å². The van der Waals surface area contributed by atoms with Gasteiger partial charge in [-0.25, -0.2) is 9.59 Å². The van der Waals surface area contributed by atoms with Crippen molar-refractivity contribution < 1.29 is 23.8 Å². The van der Waals surface area contributed by atoms with Gasteiger partial charge >= 0.3 is 12.0 Å². The number of ether oxygens (including phenoxy) is 1. The molecule has 2 rings (SSSR count). The molecule has 2 heterocycles. The van der Waals surface area contributed by atoms with Gasteiger partial charge in [-0.05, 0) is 6.07 Å².